The highest BCUT2D eigenvalue weighted by Gasteiger charge is 2.52. The quantitative estimate of drug-likeness (QED) is 0.534. The summed E-state index contributed by atoms with van der Waals surface area (Å²) in [6.45, 7) is 15.4. The van der Waals surface area contributed by atoms with E-state index in [0.717, 1.165) is 25.2 Å². The highest BCUT2D eigenvalue weighted by molar-refractivity contribution is 5.65. The van der Waals surface area contributed by atoms with Gasteiger partial charge in [0.25, 0.3) is 0 Å². The Morgan fingerprint density at radius 2 is 2.04 bits per heavy atom. The van der Waals surface area contributed by atoms with Gasteiger partial charge in [0.05, 0.1) is 6.10 Å². The summed E-state index contributed by atoms with van der Waals surface area (Å²) in [7, 11) is 0. The van der Waals surface area contributed by atoms with Crippen LogP contribution in [0.25, 0.3) is 0 Å². The summed E-state index contributed by atoms with van der Waals surface area (Å²) >= 11 is 0. The topological polar surface area (TPSA) is 46.5 Å². The molecule has 1 N–H and O–H groups in total. The lowest BCUT2D eigenvalue weighted by atomic mass is 9.47. The van der Waals surface area contributed by atoms with Crippen molar-refractivity contribution in [1.29, 1.82) is 0 Å². The van der Waals surface area contributed by atoms with Crippen LogP contribution in [0.5, 0.6) is 0 Å². The maximum absolute atomic E-state index is 10.9. The number of hydrogen-bond acceptors (Lipinski definition) is 3. The first-order valence-electron chi connectivity index (χ1n) is 10.1. The van der Waals surface area contributed by atoms with E-state index in [4.69, 9.17) is 4.74 Å². The summed E-state index contributed by atoms with van der Waals surface area (Å²) in [5.74, 6) is 1.12. The summed E-state index contributed by atoms with van der Waals surface area (Å²) in [6, 6.07) is 0. The molecule has 2 aliphatic carbocycles. The number of esters is 1. The molecule has 0 bridgehead atoms. The minimum absolute atomic E-state index is 0.106. The van der Waals surface area contributed by atoms with Crippen molar-refractivity contribution in [3.8, 4) is 0 Å². The van der Waals surface area contributed by atoms with Gasteiger partial charge in [-0.3, -0.25) is 4.79 Å². The average Bonchev–Trinajstić information content (AvgIpc) is 2.50. The monoisotopic (exact) mass is 350 g/mol. The summed E-state index contributed by atoms with van der Waals surface area (Å²) in [4.78, 5) is 10.9. The van der Waals surface area contributed by atoms with Crippen LogP contribution < -0.4 is 0 Å². The molecule has 0 aromatic heterocycles. The molecule has 0 aliphatic heterocycles. The Kier molecular flexibility index (Phi) is 6.40. The van der Waals surface area contributed by atoms with Crippen LogP contribution in [0.3, 0.4) is 0 Å². The maximum Gasteiger partial charge on any atom is 0.302 e. The van der Waals surface area contributed by atoms with E-state index in [-0.39, 0.29) is 18.5 Å². The van der Waals surface area contributed by atoms with Crippen molar-refractivity contribution in [3.05, 3.63) is 12.2 Å². The van der Waals surface area contributed by atoms with Crippen molar-refractivity contribution in [2.24, 2.45) is 28.6 Å². The van der Waals surface area contributed by atoms with Gasteiger partial charge >= 0.3 is 5.97 Å². The molecule has 0 spiro atoms. The van der Waals surface area contributed by atoms with Gasteiger partial charge < -0.3 is 9.84 Å². The third-order valence-corrected chi connectivity index (χ3v) is 7.34. The number of fused-ring (bicyclic) bond motifs is 1. The van der Waals surface area contributed by atoms with Gasteiger partial charge in [-0.05, 0) is 67.1 Å². The number of allylic oxidation sites excluding steroid dienone is 1. The Bertz CT molecular complexity index is 496. The van der Waals surface area contributed by atoms with E-state index in [2.05, 4.69) is 34.3 Å². The zero-order valence-corrected chi connectivity index (χ0v) is 16.9. The molecule has 0 aromatic carbocycles. The summed E-state index contributed by atoms with van der Waals surface area (Å²) in [5, 5.41) is 10.2. The van der Waals surface area contributed by atoms with Gasteiger partial charge in [0.15, 0.2) is 0 Å². The van der Waals surface area contributed by atoms with Gasteiger partial charge in [0.1, 0.15) is 6.61 Å². The van der Waals surface area contributed by atoms with Crippen LogP contribution in [0.2, 0.25) is 0 Å². The first-order valence-corrected chi connectivity index (χ1v) is 10.1. The Hall–Kier alpha value is -0.830. The van der Waals surface area contributed by atoms with Gasteiger partial charge in [-0.25, -0.2) is 0 Å². The van der Waals surface area contributed by atoms with E-state index >= 15 is 0 Å². The highest BCUT2D eigenvalue weighted by Crippen LogP contribution is 2.61. The minimum atomic E-state index is -0.577. The molecular formula is C22H38O3. The van der Waals surface area contributed by atoms with Crippen molar-refractivity contribution in [1.82, 2.24) is 0 Å². The van der Waals surface area contributed by atoms with Crippen LogP contribution in [-0.4, -0.2) is 23.8 Å². The van der Waals surface area contributed by atoms with Crippen molar-refractivity contribution < 1.29 is 14.6 Å². The molecule has 2 fully saturated rings. The Morgan fingerprint density at radius 3 is 2.68 bits per heavy atom. The lowest BCUT2D eigenvalue weighted by Crippen LogP contribution is -2.49. The Balaban J connectivity index is 2.01. The van der Waals surface area contributed by atoms with Crippen LogP contribution in [0, 0.1) is 28.6 Å². The summed E-state index contributed by atoms with van der Waals surface area (Å²) in [5.41, 5.74) is 2.18. The maximum atomic E-state index is 10.9. The molecule has 5 atom stereocenters. The van der Waals surface area contributed by atoms with Gasteiger partial charge in [0, 0.05) is 6.92 Å². The fourth-order valence-corrected chi connectivity index (χ4v) is 5.80. The Labute approximate surface area is 154 Å². The number of aliphatic hydroxyl groups excluding tert-OH is 1. The van der Waals surface area contributed by atoms with E-state index in [9.17, 15) is 9.90 Å². The lowest BCUT2D eigenvalue weighted by Gasteiger charge is -2.58. The summed E-state index contributed by atoms with van der Waals surface area (Å²) < 4.78 is 4.96. The molecule has 0 saturated heterocycles. The fraction of sp³-hybridized carbons (Fsp3) is 0.864. The molecule has 2 aliphatic rings. The number of carbonyl (C=O) groups excluding carboxylic acids is 1. The predicted molar refractivity (Wildman–Crippen MR) is 102 cm³/mol. The van der Waals surface area contributed by atoms with E-state index in [0.29, 0.717) is 16.7 Å². The van der Waals surface area contributed by atoms with Crippen LogP contribution in [0.15, 0.2) is 12.2 Å². The first kappa shape index (κ1) is 20.5. The molecular weight excluding hydrogens is 312 g/mol. The number of aliphatic hydroxyl groups is 1. The largest absolute Gasteiger partial charge is 0.463 e. The highest BCUT2D eigenvalue weighted by atomic mass is 16.5. The van der Waals surface area contributed by atoms with Crippen molar-refractivity contribution >= 4 is 5.97 Å². The molecule has 2 rings (SSSR count). The molecule has 0 aromatic rings. The first-order chi connectivity index (χ1) is 11.6. The number of ether oxygens (including phenoxy) is 1. The van der Waals surface area contributed by atoms with Crippen LogP contribution in [0.4, 0.5) is 0 Å². The van der Waals surface area contributed by atoms with E-state index in [1.54, 1.807) is 0 Å². The molecule has 144 valence electrons. The number of rotatable bonds is 6. The second kappa shape index (κ2) is 7.82. The molecule has 2 saturated carbocycles. The SMILES string of the molecule is C=C1CCC2C(C)(C)CCCC2(C)C1CCC(C)C(O)COC(C)=O. The van der Waals surface area contributed by atoms with Gasteiger partial charge in [-0.15, -0.1) is 0 Å². The lowest BCUT2D eigenvalue weighted by molar-refractivity contribution is -0.144. The molecule has 0 radical (unpaired) electrons. The molecule has 3 heteroatoms. The van der Waals surface area contributed by atoms with Crippen molar-refractivity contribution in [2.45, 2.75) is 85.7 Å². The zero-order valence-electron chi connectivity index (χ0n) is 16.9. The second-order valence-electron chi connectivity index (χ2n) is 9.57. The molecule has 5 unspecified atom stereocenters. The summed E-state index contributed by atoms with van der Waals surface area (Å²) in [6.07, 6.45) is 7.84. The third kappa shape index (κ3) is 4.48. The van der Waals surface area contributed by atoms with Crippen molar-refractivity contribution in [3.63, 3.8) is 0 Å². The number of hydrogen-bond donors (Lipinski definition) is 1. The van der Waals surface area contributed by atoms with E-state index < -0.39 is 6.10 Å². The molecule has 0 amide bonds. The van der Waals surface area contributed by atoms with Gasteiger partial charge in [-0.1, -0.05) is 46.3 Å². The van der Waals surface area contributed by atoms with Crippen LogP contribution in [-0.2, 0) is 9.53 Å². The van der Waals surface area contributed by atoms with Crippen LogP contribution >= 0.6 is 0 Å². The molecule has 0 heterocycles. The van der Waals surface area contributed by atoms with Gasteiger partial charge in [0.2, 0.25) is 0 Å². The fourth-order valence-electron chi connectivity index (χ4n) is 5.80. The third-order valence-electron chi connectivity index (χ3n) is 7.34. The minimum Gasteiger partial charge on any atom is -0.463 e. The second-order valence-corrected chi connectivity index (χ2v) is 9.57. The Morgan fingerprint density at radius 1 is 1.36 bits per heavy atom. The van der Waals surface area contributed by atoms with E-state index in [1.165, 1.54) is 38.2 Å². The normalized spacial score (nSPS) is 34.1. The van der Waals surface area contributed by atoms with E-state index in [1.807, 2.05) is 0 Å². The number of carbonyl (C=O) groups is 1. The van der Waals surface area contributed by atoms with Crippen molar-refractivity contribution in [2.75, 3.05) is 6.61 Å². The average molecular weight is 351 g/mol. The molecule has 3 nitrogen and oxygen atoms in total. The predicted octanol–water partition coefficient (Wildman–Crippen LogP) is 5.13. The zero-order chi connectivity index (χ0) is 18.8. The van der Waals surface area contributed by atoms with Crippen LogP contribution in [0.1, 0.15) is 79.6 Å². The van der Waals surface area contributed by atoms with Gasteiger partial charge in [-0.2, -0.15) is 0 Å². The smallest absolute Gasteiger partial charge is 0.302 e. The molecule has 25 heavy (non-hydrogen) atoms. The standard InChI is InChI=1S/C22H38O3/c1-15-9-11-20-21(4,5)12-7-13-22(20,6)18(15)10-8-16(2)19(24)14-25-17(3)23/h16,18-20,24H,1,7-14H2,2-6H3.